The van der Waals surface area contributed by atoms with E-state index < -0.39 is 0 Å². The minimum Gasteiger partial charge on any atom is -0.390 e. The molecule has 0 aliphatic carbocycles. The van der Waals surface area contributed by atoms with E-state index in [0.717, 1.165) is 112 Å². The summed E-state index contributed by atoms with van der Waals surface area (Å²) >= 11 is 0. The molecule has 17 rings (SSSR count). The number of benzene rings is 13. The summed E-state index contributed by atoms with van der Waals surface area (Å²) in [5.74, 6) is 0. The summed E-state index contributed by atoms with van der Waals surface area (Å²) in [6.07, 6.45) is 39.1. The third-order valence-electron chi connectivity index (χ3n) is 20.9. The summed E-state index contributed by atoms with van der Waals surface area (Å²) in [5, 5.41) is 17.5. The maximum atomic E-state index is 4.27. The van der Waals surface area contributed by atoms with E-state index in [1.165, 1.54) is 75.4 Å². The van der Waals surface area contributed by atoms with Crippen LogP contribution in [0.25, 0.3) is 137 Å². The molecule has 13 heteroatoms. The molecule has 0 atom stereocenters. The molecule has 0 spiro atoms. The van der Waals surface area contributed by atoms with Gasteiger partial charge in [-0.1, -0.05) is 162 Å². The second-order valence-corrected chi connectivity index (χ2v) is 28.6. The Morgan fingerprint density at radius 2 is 0.669 bits per heavy atom. The molecule has 0 N–H and O–H groups in total. The van der Waals surface area contributed by atoms with Crippen molar-refractivity contribution in [2.45, 2.75) is 125 Å². The van der Waals surface area contributed by atoms with Crippen molar-refractivity contribution in [1.29, 1.82) is 0 Å². The van der Waals surface area contributed by atoms with Crippen LogP contribution in [0.3, 0.4) is 0 Å². The number of pyridine rings is 4. The molecule has 133 heavy (non-hydrogen) atoms. The average Bonchev–Trinajstić information content (AvgIpc) is 0.718. The number of allylic oxidation sites excluding steroid dienone is 18. The number of rotatable bonds is 10. The zero-order valence-electron chi connectivity index (χ0n) is 79.9. The first kappa shape index (κ1) is 129. The average molecular weight is 2400 g/mol. The SMILES string of the molecule is C[C-]=C(C)c1[c-]c2ccccc2c2ccccc12.C[C-]=C(C)c1[c-]c2ccccc2cc1.C[C-]=C(C)c1[c-]cc2ccccc2c1.C[C-]=C(C)c1[c-]ccc2c1ccc1ccccc12.C[C-]=C(C)c1[c-]ccc2ccccc12.C[C-]=C(C)c1[c-]cccc1.C[C-]=C(C)c1[c-]cccn1.C[C-]=C(C)c1[c-]nc(-c2ccccn2)cc1.C[C-]=C(C)c1[c-]nccc1.[Y].[Y].[Y].[Y].[Y].[Y].[Y].[Y].[Y]. The third kappa shape index (κ3) is 40.1. The van der Waals surface area contributed by atoms with Gasteiger partial charge in [-0.25, -0.2) is 72.4 Å². The van der Waals surface area contributed by atoms with Gasteiger partial charge in [0.1, 0.15) is 0 Å². The van der Waals surface area contributed by atoms with E-state index in [0.29, 0.717) is 0 Å². The van der Waals surface area contributed by atoms with E-state index in [9.17, 15) is 0 Å². The topological polar surface area (TPSA) is 51.6 Å². The second-order valence-electron chi connectivity index (χ2n) is 28.6. The smallest absolute Gasteiger partial charge is 0.0465 e. The summed E-state index contributed by atoms with van der Waals surface area (Å²) in [6.45, 7) is 35.6. The molecule has 0 aliphatic rings. The molecule has 0 amide bonds. The van der Waals surface area contributed by atoms with Gasteiger partial charge in [-0.3, -0.25) is 55.6 Å². The number of hydrogen-bond acceptors (Lipinski definition) is 4. The Bertz CT molecular complexity index is 6360. The van der Waals surface area contributed by atoms with Gasteiger partial charge in [-0.15, -0.1) is 242 Å². The largest absolute Gasteiger partial charge is 0.390 e. The van der Waals surface area contributed by atoms with Gasteiger partial charge in [0.2, 0.25) is 0 Å². The fourth-order valence-corrected chi connectivity index (χ4v) is 12.8. The van der Waals surface area contributed by atoms with E-state index in [-0.39, 0.29) is 294 Å². The first-order valence-electron chi connectivity index (χ1n) is 41.3. The van der Waals surface area contributed by atoms with Crippen molar-refractivity contribution in [2.24, 2.45) is 0 Å². The van der Waals surface area contributed by atoms with Crippen molar-refractivity contribution in [3.05, 3.63) is 463 Å². The van der Waals surface area contributed by atoms with E-state index in [2.05, 4.69) is 334 Å². The van der Waals surface area contributed by atoms with Crippen LogP contribution in [0.5, 0.6) is 0 Å². The first-order chi connectivity index (χ1) is 60.4. The minimum atomic E-state index is 0. The Balaban J connectivity index is 0.00000147. The Labute approximate surface area is 1020 Å². The quantitative estimate of drug-likeness (QED) is 0.101. The van der Waals surface area contributed by atoms with Crippen molar-refractivity contribution in [3.63, 3.8) is 0 Å². The maximum absolute atomic E-state index is 4.27. The fourth-order valence-electron chi connectivity index (χ4n) is 12.8. The third-order valence-corrected chi connectivity index (χ3v) is 20.9. The Morgan fingerprint density at radius 1 is 0.233 bits per heavy atom. The molecule has 0 saturated heterocycles. The van der Waals surface area contributed by atoms with Crippen LogP contribution in [0, 0.1) is 110 Å². The molecule has 4 heterocycles. The number of aromatic nitrogens is 4. The predicted molar refractivity (Wildman–Crippen MR) is 529 cm³/mol. The van der Waals surface area contributed by atoms with Crippen molar-refractivity contribution < 1.29 is 294 Å². The van der Waals surface area contributed by atoms with Crippen molar-refractivity contribution in [3.8, 4) is 11.4 Å². The number of fused-ring (bicyclic) bond motifs is 9. The van der Waals surface area contributed by atoms with Crippen LogP contribution in [-0.4, -0.2) is 19.9 Å². The van der Waals surface area contributed by atoms with E-state index >= 15 is 0 Å². The maximum Gasteiger partial charge on any atom is 0.0465 e. The van der Waals surface area contributed by atoms with Crippen molar-refractivity contribution in [1.82, 2.24) is 19.9 Å². The standard InChI is InChI=1S/2C18H14.C14H12N2.3C14H12.C10H10.2C9H9N.9Y/c1-3-13(2)18-12-14-8-4-5-9-15(14)16-10-6-7-11-17(16)18;1-3-13(2)15-9-6-10-17-16-8-5-4-7-14(16)11-12-18(15)17;1-3-11(2)12-7-8-14(16-10-12)13-6-4-5-9-15-13;1-3-11(2)13-10-6-8-12-7-4-5-9-14(12)13;2*1-3-11(2)13-9-8-12-6-4-5-7-14(12)10-13;1-3-9(2)10-7-5-4-6-8-10;1-3-8(2)9-5-4-6-10-7-9;1-3-8(2)9-6-4-5-7-10-9;;;;;;;;;/h4-11H,1-2H3;4-8,10-12H,1-2H3;4-9H,1-2H3;4-9H,1-2H3;4-8,10H,1-2H3;4-9H,1-2H3;4-7H,1-2H3;4-6H,1-2H3;4-5,7H,1-2H3;;;;;;;;;/q9*-2;;;;;;;;;. The second kappa shape index (κ2) is 71.3. The molecule has 4 aromatic heterocycles. The van der Waals surface area contributed by atoms with E-state index in [1.54, 1.807) is 18.6 Å². The zero-order chi connectivity index (χ0) is 88.5. The fraction of sp³-hybridized carbons (Fsp3) is 0.150. The molecule has 0 aliphatic heterocycles. The Kier molecular flexibility index (Phi) is 69.1. The summed E-state index contributed by atoms with van der Waals surface area (Å²) < 4.78 is 0. The summed E-state index contributed by atoms with van der Waals surface area (Å²) in [6, 6.07) is 119. The van der Waals surface area contributed by atoms with Crippen LogP contribution < -0.4 is 0 Å². The molecule has 0 fully saturated rings. The van der Waals surface area contributed by atoms with Crippen LogP contribution in [0.4, 0.5) is 0 Å². The van der Waals surface area contributed by atoms with Crippen LogP contribution in [0.2, 0.25) is 0 Å². The number of nitrogens with zero attached hydrogens (tertiary/aromatic N) is 4. The summed E-state index contributed by atoms with van der Waals surface area (Å²) in [5.41, 5.74) is 21.5. The van der Waals surface area contributed by atoms with E-state index in [4.69, 9.17) is 0 Å². The first-order valence-corrected chi connectivity index (χ1v) is 41.3. The van der Waals surface area contributed by atoms with E-state index in [1.807, 2.05) is 205 Å². The summed E-state index contributed by atoms with van der Waals surface area (Å²) in [7, 11) is 0. The van der Waals surface area contributed by atoms with Crippen molar-refractivity contribution in [2.75, 3.05) is 0 Å². The number of hydrogen-bond donors (Lipinski definition) is 0. The van der Waals surface area contributed by atoms with Gasteiger partial charge in [-0.2, -0.15) is 52.6 Å². The minimum absolute atomic E-state index is 0. The molecular weight excluding hydrogens is 2300 g/mol. The van der Waals surface area contributed by atoms with Crippen LogP contribution >= 0.6 is 0 Å². The normalized spacial score (nSPS) is 11.1. The Hall–Kier alpha value is -4.12. The molecule has 0 bridgehead atoms. The summed E-state index contributed by atoms with van der Waals surface area (Å²) in [4.78, 5) is 16.5. The predicted octanol–water partition coefficient (Wildman–Crippen LogP) is 31.7. The molecule has 0 saturated carbocycles. The molecule has 649 valence electrons. The van der Waals surface area contributed by atoms with Crippen LogP contribution in [0.15, 0.2) is 304 Å². The van der Waals surface area contributed by atoms with Gasteiger partial charge in [0.05, 0.1) is 0 Å². The van der Waals surface area contributed by atoms with Gasteiger partial charge in [0.25, 0.3) is 0 Å². The van der Waals surface area contributed by atoms with Gasteiger partial charge >= 0.3 is 0 Å². The van der Waals surface area contributed by atoms with Crippen LogP contribution in [0.1, 0.15) is 175 Å². The molecule has 13 aromatic carbocycles. The van der Waals surface area contributed by atoms with Gasteiger partial charge in [0, 0.05) is 312 Å². The van der Waals surface area contributed by atoms with Gasteiger partial charge < -0.3 is 120 Å². The monoisotopic (exact) mass is 2400 g/mol. The molecular formula is C120H104N4Y9-18. The molecule has 0 unspecified atom stereocenters. The zero-order valence-corrected chi connectivity index (χ0v) is 105. The Morgan fingerprint density at radius 3 is 1.23 bits per heavy atom. The van der Waals surface area contributed by atoms with Crippen LogP contribution in [-0.2, 0) is 294 Å². The van der Waals surface area contributed by atoms with Crippen molar-refractivity contribution >= 4 is 126 Å². The molecule has 17 aromatic rings. The van der Waals surface area contributed by atoms with Gasteiger partial charge in [-0.05, 0) is 22.9 Å². The molecule has 4 nitrogen and oxygen atoms in total. The molecule has 9 radical (unpaired) electrons. The van der Waals surface area contributed by atoms with Gasteiger partial charge in [0.15, 0.2) is 0 Å².